The molecule has 0 radical (unpaired) electrons. The van der Waals surface area contributed by atoms with Gasteiger partial charge in [0.1, 0.15) is 4.21 Å². The molecule has 4 aromatic rings. The zero-order valence-electron chi connectivity index (χ0n) is 27.2. The van der Waals surface area contributed by atoms with Gasteiger partial charge in [0.05, 0.1) is 28.4 Å². The molecule has 0 spiro atoms. The minimum atomic E-state index is -3.75. The van der Waals surface area contributed by atoms with Crippen molar-refractivity contribution in [2.45, 2.75) is 62.4 Å². The molecule has 2 aromatic carbocycles. The molecular formula is C35H40ClN5O5S2. The fourth-order valence-electron chi connectivity index (χ4n) is 7.23. The lowest BCUT2D eigenvalue weighted by atomic mass is 9.77. The number of amides is 2. The Balaban J connectivity index is 1.40. The number of imidazole rings is 1. The number of nitrogens with zero attached hydrogens (tertiary/aromatic N) is 5. The van der Waals surface area contributed by atoms with Crippen LogP contribution in [0.5, 0.6) is 0 Å². The van der Waals surface area contributed by atoms with Crippen molar-refractivity contribution in [3.05, 3.63) is 94.7 Å². The number of piperidine rings is 1. The van der Waals surface area contributed by atoms with Gasteiger partial charge in [0.2, 0.25) is 0 Å². The molecule has 2 saturated heterocycles. The van der Waals surface area contributed by atoms with Crippen LogP contribution in [0.3, 0.4) is 0 Å². The van der Waals surface area contributed by atoms with Gasteiger partial charge in [-0.1, -0.05) is 93.0 Å². The van der Waals surface area contributed by atoms with E-state index >= 15 is 0 Å². The van der Waals surface area contributed by atoms with Gasteiger partial charge in [-0.05, 0) is 42.4 Å². The van der Waals surface area contributed by atoms with E-state index in [4.69, 9.17) is 16.6 Å². The fraction of sp³-hybridized carbons (Fsp3) is 0.400. The van der Waals surface area contributed by atoms with E-state index in [1.807, 2.05) is 86.0 Å². The molecule has 10 nitrogen and oxygen atoms in total. The van der Waals surface area contributed by atoms with E-state index in [0.29, 0.717) is 35.8 Å². The fourth-order valence-corrected chi connectivity index (χ4v) is 10.4. The van der Waals surface area contributed by atoms with Gasteiger partial charge in [0.15, 0.2) is 5.69 Å². The Hall–Kier alpha value is -3.71. The van der Waals surface area contributed by atoms with Crippen LogP contribution in [-0.2, 0) is 16.4 Å². The molecule has 0 saturated carbocycles. The second-order valence-corrected chi connectivity index (χ2v) is 17.4. The van der Waals surface area contributed by atoms with Gasteiger partial charge in [0.25, 0.3) is 15.9 Å². The summed E-state index contributed by atoms with van der Waals surface area (Å²) in [5, 5.41) is 10.2. The molecule has 2 fully saturated rings. The molecule has 2 aromatic heterocycles. The minimum absolute atomic E-state index is 0.178. The third-order valence-electron chi connectivity index (χ3n) is 9.30. The van der Waals surface area contributed by atoms with Crippen LogP contribution in [0.4, 0.5) is 4.79 Å². The number of aromatic nitrogens is 2. The van der Waals surface area contributed by atoms with Crippen molar-refractivity contribution in [2.75, 3.05) is 26.2 Å². The molecule has 0 aliphatic carbocycles. The van der Waals surface area contributed by atoms with Crippen molar-refractivity contribution >= 4 is 45.0 Å². The summed E-state index contributed by atoms with van der Waals surface area (Å²) in [5.74, 6) is -0.277. The Morgan fingerprint density at radius 2 is 1.62 bits per heavy atom. The van der Waals surface area contributed by atoms with Crippen LogP contribution >= 0.6 is 22.9 Å². The zero-order chi connectivity index (χ0) is 34.2. The molecule has 13 heteroatoms. The van der Waals surface area contributed by atoms with E-state index in [1.165, 1.54) is 15.3 Å². The van der Waals surface area contributed by atoms with Crippen molar-refractivity contribution < 1.29 is 23.1 Å². The summed E-state index contributed by atoms with van der Waals surface area (Å²) in [4.78, 5) is 35.3. The molecule has 2 unspecified atom stereocenters. The summed E-state index contributed by atoms with van der Waals surface area (Å²) in [7, 11) is -3.75. The first-order valence-corrected chi connectivity index (χ1v) is 18.7. The van der Waals surface area contributed by atoms with E-state index < -0.39 is 33.6 Å². The lowest BCUT2D eigenvalue weighted by Gasteiger charge is -2.51. The SMILES string of the molecule is CC(C)(C)C1[C@@H](Cc2ccccc2)N(C(=O)c2ncn(C3CCCN(S(=O)(=O)c4ccc(Cl)s4)C3)c2-c2ccccc2)CCN1C(=O)O. The van der Waals surface area contributed by atoms with Gasteiger partial charge in [-0.2, -0.15) is 4.31 Å². The maximum atomic E-state index is 14.8. The monoisotopic (exact) mass is 709 g/mol. The van der Waals surface area contributed by atoms with Crippen molar-refractivity contribution in [1.82, 2.24) is 23.7 Å². The first-order valence-electron chi connectivity index (χ1n) is 16.1. The third-order valence-corrected chi connectivity index (χ3v) is 12.9. The highest BCUT2D eigenvalue weighted by Gasteiger charge is 2.47. The van der Waals surface area contributed by atoms with E-state index in [2.05, 4.69) is 0 Å². The standard InChI is InChI=1S/C35H40ClN5O5S2/c1-35(2,3)32-27(21-24-11-6-4-7-12-24)39(19-20-40(32)34(43)44)33(42)30-31(25-13-8-5-9-14-25)41(23-37-30)26-15-10-18-38(22-26)48(45,46)29-17-16-28(36)47-29/h4-9,11-14,16-17,23,26-27,32H,10,15,18-22H2,1-3H3,(H,43,44)/t26?,27-,32?/m1/s1. The highest BCUT2D eigenvalue weighted by molar-refractivity contribution is 7.91. The number of benzene rings is 2. The lowest BCUT2D eigenvalue weighted by molar-refractivity contribution is -0.0146. The van der Waals surface area contributed by atoms with Crippen LogP contribution in [0.15, 0.2) is 83.3 Å². The summed E-state index contributed by atoms with van der Waals surface area (Å²) in [6.45, 7) is 7.04. The number of halogens is 1. The van der Waals surface area contributed by atoms with Crippen molar-refractivity contribution in [3.8, 4) is 11.3 Å². The van der Waals surface area contributed by atoms with Crippen LogP contribution in [0.2, 0.25) is 4.34 Å². The van der Waals surface area contributed by atoms with E-state index in [-0.39, 0.29) is 41.5 Å². The maximum absolute atomic E-state index is 14.8. The first-order chi connectivity index (χ1) is 22.9. The number of carbonyl (C=O) groups excluding carboxylic acids is 1. The van der Waals surface area contributed by atoms with Gasteiger partial charge in [-0.3, -0.25) is 4.79 Å². The summed E-state index contributed by atoms with van der Waals surface area (Å²) in [6, 6.07) is 21.3. The molecule has 254 valence electrons. The van der Waals surface area contributed by atoms with Crippen molar-refractivity contribution in [3.63, 3.8) is 0 Å². The number of carboxylic acid groups (broad SMARTS) is 1. The van der Waals surface area contributed by atoms with Crippen LogP contribution in [0.1, 0.15) is 55.7 Å². The Morgan fingerprint density at radius 3 is 2.25 bits per heavy atom. The van der Waals surface area contributed by atoms with E-state index in [0.717, 1.165) is 22.5 Å². The van der Waals surface area contributed by atoms with Gasteiger partial charge in [0, 0.05) is 37.8 Å². The number of thiophene rings is 1. The molecule has 2 amide bonds. The average Bonchev–Trinajstić information content (AvgIpc) is 3.72. The van der Waals surface area contributed by atoms with Crippen molar-refractivity contribution in [1.29, 1.82) is 0 Å². The average molecular weight is 710 g/mol. The number of hydrogen-bond acceptors (Lipinski definition) is 6. The Morgan fingerprint density at radius 1 is 0.958 bits per heavy atom. The first kappa shape index (κ1) is 34.2. The normalized spacial score (nSPS) is 21.0. The number of carbonyl (C=O) groups is 2. The molecule has 0 bridgehead atoms. The number of piperazine rings is 1. The topological polar surface area (TPSA) is 116 Å². The van der Waals surface area contributed by atoms with Crippen LogP contribution in [0.25, 0.3) is 11.3 Å². The predicted octanol–water partition coefficient (Wildman–Crippen LogP) is 6.75. The molecule has 4 heterocycles. The number of sulfonamides is 1. The number of rotatable bonds is 7. The number of hydrogen-bond donors (Lipinski definition) is 1. The van der Waals surface area contributed by atoms with Crippen LogP contribution in [-0.4, -0.2) is 87.4 Å². The smallest absolute Gasteiger partial charge is 0.407 e. The zero-order valence-corrected chi connectivity index (χ0v) is 29.6. The molecule has 48 heavy (non-hydrogen) atoms. The molecule has 2 aliphatic heterocycles. The van der Waals surface area contributed by atoms with E-state index in [1.54, 1.807) is 17.3 Å². The quantitative estimate of drug-likeness (QED) is 0.227. The van der Waals surface area contributed by atoms with Gasteiger partial charge in [-0.15, -0.1) is 11.3 Å². The Bertz CT molecular complexity index is 1870. The third kappa shape index (κ3) is 6.76. The largest absolute Gasteiger partial charge is 0.465 e. The second-order valence-electron chi connectivity index (χ2n) is 13.5. The second kappa shape index (κ2) is 13.7. The predicted molar refractivity (Wildman–Crippen MR) is 187 cm³/mol. The van der Waals surface area contributed by atoms with Crippen LogP contribution in [0, 0.1) is 5.41 Å². The van der Waals surface area contributed by atoms with E-state index in [9.17, 15) is 23.1 Å². The molecule has 2 aliphatic rings. The maximum Gasteiger partial charge on any atom is 0.407 e. The van der Waals surface area contributed by atoms with Crippen molar-refractivity contribution in [2.24, 2.45) is 5.41 Å². The lowest BCUT2D eigenvalue weighted by Crippen LogP contribution is -2.66. The summed E-state index contributed by atoms with van der Waals surface area (Å²) in [6.07, 6.45) is 2.47. The minimum Gasteiger partial charge on any atom is -0.465 e. The summed E-state index contributed by atoms with van der Waals surface area (Å²) >= 11 is 7.12. The van der Waals surface area contributed by atoms with Gasteiger partial charge < -0.3 is 19.5 Å². The van der Waals surface area contributed by atoms with Gasteiger partial charge >= 0.3 is 6.09 Å². The van der Waals surface area contributed by atoms with Gasteiger partial charge in [-0.25, -0.2) is 18.2 Å². The Kier molecular flexibility index (Phi) is 9.72. The summed E-state index contributed by atoms with van der Waals surface area (Å²) in [5.41, 5.74) is 2.21. The molecule has 3 atom stereocenters. The van der Waals surface area contributed by atoms with Crippen LogP contribution < -0.4 is 0 Å². The molecule has 6 rings (SSSR count). The highest BCUT2D eigenvalue weighted by Crippen LogP contribution is 2.38. The molecular weight excluding hydrogens is 670 g/mol. The highest BCUT2D eigenvalue weighted by atomic mass is 35.5. The Labute approximate surface area is 290 Å². The summed E-state index contributed by atoms with van der Waals surface area (Å²) < 4.78 is 31.2. The molecule has 1 N–H and O–H groups in total.